The zero-order valence-corrected chi connectivity index (χ0v) is 23.2. The van der Waals surface area contributed by atoms with Crippen LogP contribution in [0.25, 0.3) is 10.8 Å². The van der Waals surface area contributed by atoms with Crippen LogP contribution < -0.4 is 9.62 Å². The molecule has 0 heterocycles. The molecule has 1 aliphatic rings. The van der Waals surface area contributed by atoms with Gasteiger partial charge in [-0.05, 0) is 49.3 Å². The molecular weight excluding hydrogens is 498 g/mol. The molecule has 0 aliphatic heterocycles. The summed E-state index contributed by atoms with van der Waals surface area (Å²) in [7, 11) is -3.80. The molecule has 3 aromatic rings. The average Bonchev–Trinajstić information content (AvgIpc) is 2.90. The van der Waals surface area contributed by atoms with Gasteiger partial charge in [0.25, 0.3) is 0 Å². The molecule has 3 aromatic carbocycles. The van der Waals surface area contributed by atoms with Crippen molar-refractivity contribution in [2.45, 2.75) is 64.6 Å². The Morgan fingerprint density at radius 1 is 0.947 bits per heavy atom. The maximum Gasteiger partial charge on any atom is 0.244 e. The quantitative estimate of drug-likeness (QED) is 0.427. The Kier molecular flexibility index (Phi) is 8.72. The lowest BCUT2D eigenvalue weighted by atomic mass is 9.95. The number of hydrogen-bond donors (Lipinski definition) is 1. The number of nitrogens with one attached hydrogen (secondary N) is 1. The summed E-state index contributed by atoms with van der Waals surface area (Å²) in [6, 6.07) is 19.9. The van der Waals surface area contributed by atoms with E-state index in [9.17, 15) is 18.0 Å². The molecule has 1 N–H and O–H groups in total. The molecule has 8 heteroatoms. The Balaban J connectivity index is 1.65. The fourth-order valence-electron chi connectivity index (χ4n) is 5.14. The highest BCUT2D eigenvalue weighted by molar-refractivity contribution is 7.92. The van der Waals surface area contributed by atoms with Crippen molar-refractivity contribution in [3.63, 3.8) is 0 Å². The van der Waals surface area contributed by atoms with Gasteiger partial charge in [-0.2, -0.15) is 0 Å². The number of rotatable bonds is 9. The summed E-state index contributed by atoms with van der Waals surface area (Å²) < 4.78 is 27.1. The lowest BCUT2D eigenvalue weighted by Gasteiger charge is -2.33. The molecule has 1 fully saturated rings. The third-order valence-corrected chi connectivity index (χ3v) is 8.56. The number of aryl methyl sites for hydroxylation is 1. The van der Waals surface area contributed by atoms with Crippen molar-refractivity contribution in [3.8, 4) is 0 Å². The SMILES string of the molecule is Cc1ccccc1CN(C(=O)CN(c1cccc2ccccc12)S(C)(=O)=O)[C@@H](C)C(=O)NC1CCCCC1. The largest absolute Gasteiger partial charge is 0.352 e. The van der Waals surface area contributed by atoms with Gasteiger partial charge < -0.3 is 10.2 Å². The highest BCUT2D eigenvalue weighted by Crippen LogP contribution is 2.29. The van der Waals surface area contributed by atoms with Crippen LogP contribution in [0.2, 0.25) is 0 Å². The monoisotopic (exact) mass is 535 g/mol. The van der Waals surface area contributed by atoms with Crippen molar-refractivity contribution in [2.75, 3.05) is 17.1 Å². The first-order valence-corrected chi connectivity index (χ1v) is 15.1. The number of anilines is 1. The topological polar surface area (TPSA) is 86.8 Å². The Labute approximate surface area is 225 Å². The number of sulfonamides is 1. The van der Waals surface area contributed by atoms with Crippen LogP contribution in [-0.2, 0) is 26.2 Å². The molecule has 202 valence electrons. The second-order valence-corrected chi connectivity index (χ2v) is 12.1. The first-order chi connectivity index (χ1) is 18.1. The highest BCUT2D eigenvalue weighted by atomic mass is 32.2. The van der Waals surface area contributed by atoms with E-state index in [4.69, 9.17) is 0 Å². The van der Waals surface area contributed by atoms with Crippen LogP contribution in [-0.4, -0.2) is 50.0 Å². The lowest BCUT2D eigenvalue weighted by Crippen LogP contribution is -2.53. The van der Waals surface area contributed by atoms with E-state index in [1.165, 1.54) is 11.3 Å². The molecule has 0 radical (unpaired) electrons. The van der Waals surface area contributed by atoms with E-state index in [0.717, 1.165) is 58.1 Å². The molecule has 38 heavy (non-hydrogen) atoms. The minimum absolute atomic E-state index is 0.109. The average molecular weight is 536 g/mol. The molecule has 0 bridgehead atoms. The summed E-state index contributed by atoms with van der Waals surface area (Å²) in [4.78, 5) is 28.7. The van der Waals surface area contributed by atoms with Crippen LogP contribution in [0.5, 0.6) is 0 Å². The number of benzene rings is 3. The Morgan fingerprint density at radius 3 is 2.32 bits per heavy atom. The summed E-state index contributed by atoms with van der Waals surface area (Å²) in [5, 5.41) is 4.74. The molecule has 0 unspecified atom stereocenters. The number of hydrogen-bond acceptors (Lipinski definition) is 4. The number of nitrogens with zero attached hydrogens (tertiary/aromatic N) is 2. The van der Waals surface area contributed by atoms with E-state index < -0.39 is 28.5 Å². The summed E-state index contributed by atoms with van der Waals surface area (Å²) in [6.45, 7) is 3.48. The molecule has 0 aromatic heterocycles. The summed E-state index contributed by atoms with van der Waals surface area (Å²) >= 11 is 0. The van der Waals surface area contributed by atoms with Crippen molar-refractivity contribution < 1.29 is 18.0 Å². The van der Waals surface area contributed by atoms with E-state index in [1.807, 2.05) is 61.5 Å². The van der Waals surface area contributed by atoms with Gasteiger partial charge >= 0.3 is 0 Å². The molecular formula is C30H37N3O4S. The maximum absolute atomic E-state index is 13.9. The van der Waals surface area contributed by atoms with Crippen LogP contribution in [0.1, 0.15) is 50.2 Å². The van der Waals surface area contributed by atoms with Gasteiger partial charge in [-0.1, -0.05) is 79.9 Å². The molecule has 4 rings (SSSR count). The Morgan fingerprint density at radius 2 is 1.61 bits per heavy atom. The van der Waals surface area contributed by atoms with E-state index in [2.05, 4.69) is 5.32 Å². The van der Waals surface area contributed by atoms with Gasteiger partial charge in [0.1, 0.15) is 12.6 Å². The normalized spacial score (nSPS) is 15.1. The predicted molar refractivity (Wildman–Crippen MR) is 152 cm³/mol. The van der Waals surface area contributed by atoms with Crippen molar-refractivity contribution in [3.05, 3.63) is 77.9 Å². The summed E-state index contributed by atoms with van der Waals surface area (Å²) in [6.07, 6.45) is 6.32. The van der Waals surface area contributed by atoms with E-state index >= 15 is 0 Å². The van der Waals surface area contributed by atoms with Gasteiger partial charge in [-0.15, -0.1) is 0 Å². The van der Waals surface area contributed by atoms with Crippen molar-refractivity contribution in [1.82, 2.24) is 10.2 Å². The van der Waals surface area contributed by atoms with Crippen LogP contribution in [0, 0.1) is 6.92 Å². The number of carbonyl (C=O) groups excluding carboxylic acids is 2. The van der Waals surface area contributed by atoms with Crippen molar-refractivity contribution in [1.29, 1.82) is 0 Å². The molecule has 1 atom stereocenters. The van der Waals surface area contributed by atoms with Crippen molar-refractivity contribution >= 4 is 38.3 Å². The van der Waals surface area contributed by atoms with E-state index in [-0.39, 0.29) is 18.5 Å². The predicted octanol–water partition coefficient (Wildman–Crippen LogP) is 4.78. The van der Waals surface area contributed by atoms with Crippen LogP contribution >= 0.6 is 0 Å². The van der Waals surface area contributed by atoms with Crippen LogP contribution in [0.4, 0.5) is 5.69 Å². The van der Waals surface area contributed by atoms with Gasteiger partial charge in [0, 0.05) is 18.0 Å². The number of fused-ring (bicyclic) bond motifs is 1. The Bertz CT molecular complexity index is 1390. The fourth-order valence-corrected chi connectivity index (χ4v) is 6.00. The highest BCUT2D eigenvalue weighted by Gasteiger charge is 2.31. The smallest absolute Gasteiger partial charge is 0.244 e. The summed E-state index contributed by atoms with van der Waals surface area (Å²) in [5.41, 5.74) is 2.35. The molecule has 1 saturated carbocycles. The maximum atomic E-state index is 13.9. The fraction of sp³-hybridized carbons (Fsp3) is 0.400. The molecule has 7 nitrogen and oxygen atoms in total. The minimum Gasteiger partial charge on any atom is -0.352 e. The second-order valence-electron chi connectivity index (χ2n) is 10.2. The Hall–Kier alpha value is -3.39. The standard InChI is InChI=1S/C30H37N3O4S/c1-22-12-7-8-14-25(22)20-32(23(2)30(35)31-26-16-5-4-6-17-26)29(34)21-33(38(3,36)37)28-19-11-15-24-13-9-10-18-27(24)28/h7-15,18-19,23,26H,4-6,16-17,20-21H2,1-3H3,(H,31,35)/t23-/m0/s1. The minimum atomic E-state index is -3.80. The van der Waals surface area contributed by atoms with Gasteiger partial charge in [0.2, 0.25) is 21.8 Å². The number of amides is 2. The van der Waals surface area contributed by atoms with E-state index in [0.29, 0.717) is 5.69 Å². The van der Waals surface area contributed by atoms with Crippen LogP contribution in [0.15, 0.2) is 66.7 Å². The summed E-state index contributed by atoms with van der Waals surface area (Å²) in [5.74, 6) is -0.646. The molecule has 0 saturated heterocycles. The zero-order chi connectivity index (χ0) is 27.3. The van der Waals surface area contributed by atoms with Gasteiger partial charge in [-0.25, -0.2) is 8.42 Å². The molecule has 0 spiro atoms. The third-order valence-electron chi connectivity index (χ3n) is 7.44. The first kappa shape index (κ1) is 27.6. The third kappa shape index (κ3) is 6.54. The first-order valence-electron chi connectivity index (χ1n) is 13.2. The van der Waals surface area contributed by atoms with Gasteiger partial charge in [0.05, 0.1) is 11.9 Å². The zero-order valence-electron chi connectivity index (χ0n) is 22.4. The van der Waals surface area contributed by atoms with Gasteiger partial charge in [0.15, 0.2) is 0 Å². The molecule has 2 amide bonds. The lowest BCUT2D eigenvalue weighted by molar-refractivity contribution is -0.139. The van der Waals surface area contributed by atoms with Crippen LogP contribution in [0.3, 0.4) is 0 Å². The van der Waals surface area contributed by atoms with E-state index in [1.54, 1.807) is 19.1 Å². The number of carbonyl (C=O) groups is 2. The van der Waals surface area contributed by atoms with Crippen molar-refractivity contribution in [2.24, 2.45) is 0 Å². The molecule has 1 aliphatic carbocycles. The van der Waals surface area contributed by atoms with Gasteiger partial charge in [-0.3, -0.25) is 13.9 Å². The second kappa shape index (κ2) is 12.0.